The number of rotatable bonds is 6. The molecular weight excluding hydrogens is 462 g/mol. The van der Waals surface area contributed by atoms with Crippen LogP contribution in [0.1, 0.15) is 30.6 Å². The monoisotopic (exact) mass is 481 g/mol. The van der Waals surface area contributed by atoms with E-state index in [9.17, 15) is 9.90 Å². The highest BCUT2D eigenvalue weighted by molar-refractivity contribution is 8.01. The molecule has 32 heavy (non-hydrogen) atoms. The van der Waals surface area contributed by atoms with Crippen molar-refractivity contribution < 1.29 is 9.52 Å². The predicted molar refractivity (Wildman–Crippen MR) is 129 cm³/mol. The Balaban J connectivity index is 1.33. The molecule has 4 aromatic rings. The quantitative estimate of drug-likeness (QED) is 0.309. The molecule has 7 heteroatoms. The van der Waals surface area contributed by atoms with Gasteiger partial charge in [0.15, 0.2) is 4.34 Å². The molecule has 0 radical (unpaired) electrons. The molecule has 162 valence electrons. The molecule has 6 rings (SSSR count). The van der Waals surface area contributed by atoms with Crippen LogP contribution in [-0.2, 0) is 5.60 Å². The average molecular weight is 482 g/mol. The van der Waals surface area contributed by atoms with E-state index in [4.69, 9.17) is 16.0 Å². The molecule has 0 spiro atoms. The smallest absolute Gasteiger partial charge is 0.336 e. The molecule has 0 amide bonds. The normalized spacial score (nSPS) is 16.6. The molecular formula is C25H20ClNO3S2. The van der Waals surface area contributed by atoms with E-state index in [1.165, 1.54) is 17.8 Å². The molecule has 0 saturated heterocycles. The van der Waals surface area contributed by atoms with Gasteiger partial charge in [0.1, 0.15) is 11.2 Å². The fourth-order valence-corrected chi connectivity index (χ4v) is 6.90. The second-order valence-electron chi connectivity index (χ2n) is 8.61. The first kappa shape index (κ1) is 20.5. The molecule has 2 aromatic heterocycles. The summed E-state index contributed by atoms with van der Waals surface area (Å²) in [5.74, 6) is 0.765. The summed E-state index contributed by atoms with van der Waals surface area (Å²) >= 11 is 9.26. The Morgan fingerprint density at radius 2 is 1.88 bits per heavy atom. The van der Waals surface area contributed by atoms with Crippen molar-refractivity contribution >= 4 is 45.7 Å². The van der Waals surface area contributed by atoms with Gasteiger partial charge in [0.05, 0.1) is 4.88 Å². The number of hydrogen-bond donors (Lipinski definition) is 1. The van der Waals surface area contributed by atoms with Gasteiger partial charge in [-0.25, -0.2) is 9.78 Å². The van der Waals surface area contributed by atoms with Gasteiger partial charge in [0.25, 0.3) is 0 Å². The number of aromatic nitrogens is 1. The number of fused-ring (bicyclic) bond motifs is 1. The van der Waals surface area contributed by atoms with Crippen LogP contribution in [0.2, 0.25) is 5.02 Å². The zero-order valence-electron chi connectivity index (χ0n) is 17.1. The summed E-state index contributed by atoms with van der Waals surface area (Å²) in [7, 11) is 0. The van der Waals surface area contributed by atoms with Gasteiger partial charge in [-0.2, -0.15) is 0 Å². The molecule has 2 aromatic carbocycles. The fraction of sp³-hybridized carbons (Fsp3) is 0.280. The third kappa shape index (κ3) is 3.69. The zero-order valence-corrected chi connectivity index (χ0v) is 19.5. The summed E-state index contributed by atoms with van der Waals surface area (Å²) in [6.45, 7) is 0. The predicted octanol–water partition coefficient (Wildman–Crippen LogP) is 6.73. The lowest BCUT2D eigenvalue weighted by molar-refractivity contribution is -0.00681. The second-order valence-corrected chi connectivity index (χ2v) is 11.4. The Labute approximate surface area is 198 Å². The topological polar surface area (TPSA) is 63.3 Å². The van der Waals surface area contributed by atoms with Gasteiger partial charge in [-0.05, 0) is 79.0 Å². The van der Waals surface area contributed by atoms with Crippen LogP contribution in [0.3, 0.4) is 0 Å². The van der Waals surface area contributed by atoms with E-state index in [0.29, 0.717) is 22.4 Å². The number of aliphatic hydroxyl groups is 1. The summed E-state index contributed by atoms with van der Waals surface area (Å²) in [5.41, 5.74) is 1.11. The van der Waals surface area contributed by atoms with Crippen molar-refractivity contribution in [3.63, 3.8) is 0 Å². The minimum Gasteiger partial charge on any atom is -0.423 e. The third-order valence-electron chi connectivity index (χ3n) is 6.34. The molecule has 2 saturated carbocycles. The van der Waals surface area contributed by atoms with E-state index in [-0.39, 0.29) is 0 Å². The zero-order chi connectivity index (χ0) is 21.9. The van der Waals surface area contributed by atoms with Crippen LogP contribution in [0.5, 0.6) is 0 Å². The van der Waals surface area contributed by atoms with Gasteiger partial charge >= 0.3 is 5.63 Å². The van der Waals surface area contributed by atoms with Gasteiger partial charge in [-0.1, -0.05) is 35.5 Å². The third-order valence-corrected chi connectivity index (χ3v) is 8.77. The van der Waals surface area contributed by atoms with Crippen LogP contribution < -0.4 is 5.63 Å². The Hall–Kier alpha value is -2.12. The molecule has 0 bridgehead atoms. The van der Waals surface area contributed by atoms with Crippen molar-refractivity contribution in [3.8, 4) is 11.1 Å². The van der Waals surface area contributed by atoms with Crippen molar-refractivity contribution in [3.05, 3.63) is 75.0 Å². The second kappa shape index (κ2) is 7.73. The number of hydrogen-bond acceptors (Lipinski definition) is 6. The van der Waals surface area contributed by atoms with Gasteiger partial charge in [-0.3, -0.25) is 0 Å². The number of thiazole rings is 1. The number of halogens is 1. The molecule has 2 aliphatic rings. The maximum Gasteiger partial charge on any atom is 0.336 e. The minimum atomic E-state index is -0.696. The summed E-state index contributed by atoms with van der Waals surface area (Å²) in [6.07, 6.45) is 6.26. The van der Waals surface area contributed by atoms with Gasteiger partial charge in [0.2, 0.25) is 0 Å². The Kier molecular flexibility index (Phi) is 4.95. The van der Waals surface area contributed by atoms with Crippen molar-refractivity contribution in [1.29, 1.82) is 0 Å². The highest BCUT2D eigenvalue weighted by Gasteiger charge is 2.55. The highest BCUT2D eigenvalue weighted by Crippen LogP contribution is 2.58. The first-order valence-corrected chi connectivity index (χ1v) is 12.7. The maximum absolute atomic E-state index is 12.2. The summed E-state index contributed by atoms with van der Waals surface area (Å²) < 4.78 is 6.39. The largest absolute Gasteiger partial charge is 0.423 e. The molecule has 4 nitrogen and oxygen atoms in total. The molecule has 2 aliphatic carbocycles. The van der Waals surface area contributed by atoms with E-state index in [1.807, 2.05) is 48.7 Å². The first-order chi connectivity index (χ1) is 15.5. The van der Waals surface area contributed by atoms with Crippen LogP contribution in [0.4, 0.5) is 0 Å². The minimum absolute atomic E-state index is 0.383. The van der Waals surface area contributed by atoms with Crippen molar-refractivity contribution in [2.45, 2.75) is 40.5 Å². The van der Waals surface area contributed by atoms with E-state index < -0.39 is 11.2 Å². The van der Waals surface area contributed by atoms with Gasteiger partial charge < -0.3 is 9.52 Å². The molecule has 1 N–H and O–H groups in total. The molecule has 0 atom stereocenters. The molecule has 2 fully saturated rings. The average Bonchev–Trinajstić information content (AvgIpc) is 3.70. The Bertz CT molecular complexity index is 1380. The lowest BCUT2D eigenvalue weighted by atomic mass is 9.90. The van der Waals surface area contributed by atoms with Crippen LogP contribution >= 0.6 is 34.7 Å². The summed E-state index contributed by atoms with van der Waals surface area (Å²) in [4.78, 5) is 18.7. The Morgan fingerprint density at radius 1 is 1.09 bits per heavy atom. The van der Waals surface area contributed by atoms with E-state index in [2.05, 4.69) is 4.98 Å². The standard InChI is InChI=1S/C25H20ClNO3S2/c26-17-3-1-2-14(10-17)20-12-23(28)30-21-11-18(8-9-19(20)21)31-24-27-13-22(32-24)25(29,15-4-5-15)16-6-7-16/h1-3,8-13,15-16,29H,4-7H2. The SMILES string of the molecule is O=c1cc(-c2cccc(Cl)c2)c2ccc(Sc3ncc(C(O)(C4CC4)C4CC4)s3)cc2o1. The van der Waals surface area contributed by atoms with Crippen molar-refractivity contribution in [2.24, 2.45) is 11.8 Å². The van der Waals surface area contributed by atoms with E-state index >= 15 is 0 Å². The van der Waals surface area contributed by atoms with E-state index in [0.717, 1.165) is 56.3 Å². The molecule has 0 aliphatic heterocycles. The molecule has 2 heterocycles. The van der Waals surface area contributed by atoms with Crippen LogP contribution in [-0.4, -0.2) is 10.1 Å². The van der Waals surface area contributed by atoms with Gasteiger partial charge in [0, 0.05) is 27.6 Å². The van der Waals surface area contributed by atoms with Crippen LogP contribution in [0.25, 0.3) is 22.1 Å². The number of nitrogens with zero attached hydrogens (tertiary/aromatic N) is 1. The highest BCUT2D eigenvalue weighted by atomic mass is 35.5. The fourth-order valence-electron chi connectivity index (χ4n) is 4.48. The van der Waals surface area contributed by atoms with Crippen molar-refractivity contribution in [2.75, 3.05) is 0 Å². The van der Waals surface area contributed by atoms with Crippen LogP contribution in [0, 0.1) is 11.8 Å². The summed E-state index contributed by atoms with van der Waals surface area (Å²) in [5, 5.41) is 12.8. The number of benzene rings is 2. The van der Waals surface area contributed by atoms with Gasteiger partial charge in [-0.15, -0.1) is 11.3 Å². The maximum atomic E-state index is 12.2. The van der Waals surface area contributed by atoms with Crippen LogP contribution in [0.15, 0.2) is 73.2 Å². The first-order valence-electron chi connectivity index (χ1n) is 10.7. The van der Waals surface area contributed by atoms with Crippen molar-refractivity contribution in [1.82, 2.24) is 4.98 Å². The Morgan fingerprint density at radius 3 is 2.59 bits per heavy atom. The van der Waals surface area contributed by atoms with E-state index in [1.54, 1.807) is 11.3 Å². The summed E-state index contributed by atoms with van der Waals surface area (Å²) in [6, 6.07) is 14.8. The molecule has 0 unspecified atom stereocenters. The lowest BCUT2D eigenvalue weighted by Gasteiger charge is -2.26. The lowest BCUT2D eigenvalue weighted by Crippen LogP contribution is -2.29.